The Morgan fingerprint density at radius 2 is 1.91 bits per heavy atom. The zero-order valence-corrected chi connectivity index (χ0v) is 13.1. The Labute approximate surface area is 138 Å². The fourth-order valence-corrected chi connectivity index (χ4v) is 2.20. The van der Waals surface area contributed by atoms with Crippen LogP contribution in [0.15, 0.2) is 42.5 Å². The number of hydrogen-bond acceptors (Lipinski definition) is 3. The number of hydrogen-bond donors (Lipinski definition) is 2. The van der Waals surface area contributed by atoms with Gasteiger partial charge in [-0.05, 0) is 30.3 Å². The largest absolute Gasteiger partial charge is 0.383 e. The van der Waals surface area contributed by atoms with Crippen molar-refractivity contribution in [2.45, 2.75) is 6.42 Å². The van der Waals surface area contributed by atoms with Gasteiger partial charge in [-0.1, -0.05) is 35.3 Å². The Bertz CT molecular complexity index is 726. The molecule has 0 atom stereocenters. The standard InChI is InChI=1S/C16H13Cl2N3O/c17-12-5-6-13(18)15(9-12)20-8-7-16(22)21-14-4-2-1-3-11(14)10-19/h1-6,9,20H,7-8H2,(H,21,22). The van der Waals surface area contributed by atoms with Gasteiger partial charge in [-0.3, -0.25) is 4.79 Å². The fourth-order valence-electron chi connectivity index (χ4n) is 1.85. The second kappa shape index (κ2) is 7.69. The molecule has 2 aromatic rings. The van der Waals surface area contributed by atoms with Crippen molar-refractivity contribution in [3.05, 3.63) is 58.1 Å². The van der Waals surface area contributed by atoms with Crippen molar-refractivity contribution in [3.63, 3.8) is 0 Å². The van der Waals surface area contributed by atoms with E-state index in [1.807, 2.05) is 6.07 Å². The number of benzene rings is 2. The first-order valence-electron chi connectivity index (χ1n) is 6.58. The minimum absolute atomic E-state index is 0.187. The summed E-state index contributed by atoms with van der Waals surface area (Å²) in [6.07, 6.45) is 0.239. The molecule has 0 bridgehead atoms. The van der Waals surface area contributed by atoms with Gasteiger partial charge in [-0.25, -0.2) is 0 Å². The van der Waals surface area contributed by atoms with Crippen molar-refractivity contribution in [2.24, 2.45) is 0 Å². The molecule has 2 rings (SSSR count). The van der Waals surface area contributed by atoms with Crippen molar-refractivity contribution in [1.29, 1.82) is 5.26 Å². The maximum absolute atomic E-state index is 11.9. The van der Waals surface area contributed by atoms with Gasteiger partial charge in [0.25, 0.3) is 0 Å². The summed E-state index contributed by atoms with van der Waals surface area (Å²) in [5.41, 5.74) is 1.62. The summed E-state index contributed by atoms with van der Waals surface area (Å²) >= 11 is 11.9. The van der Waals surface area contributed by atoms with Crippen LogP contribution in [-0.4, -0.2) is 12.5 Å². The van der Waals surface area contributed by atoms with Crippen molar-refractivity contribution in [2.75, 3.05) is 17.2 Å². The number of para-hydroxylation sites is 1. The van der Waals surface area contributed by atoms with Gasteiger partial charge in [0, 0.05) is 18.0 Å². The zero-order chi connectivity index (χ0) is 15.9. The van der Waals surface area contributed by atoms with Crippen molar-refractivity contribution < 1.29 is 4.79 Å². The highest BCUT2D eigenvalue weighted by Gasteiger charge is 2.07. The van der Waals surface area contributed by atoms with Crippen LogP contribution < -0.4 is 10.6 Å². The van der Waals surface area contributed by atoms with Crippen LogP contribution in [0, 0.1) is 11.3 Å². The number of anilines is 2. The number of nitrogens with zero attached hydrogens (tertiary/aromatic N) is 1. The van der Waals surface area contributed by atoms with Gasteiger partial charge in [0.15, 0.2) is 0 Å². The number of halogens is 2. The average molecular weight is 334 g/mol. The molecule has 2 N–H and O–H groups in total. The van der Waals surface area contributed by atoms with Crippen LogP contribution in [0.3, 0.4) is 0 Å². The van der Waals surface area contributed by atoms with E-state index in [1.165, 1.54) is 0 Å². The first-order chi connectivity index (χ1) is 10.6. The molecule has 4 nitrogen and oxygen atoms in total. The summed E-state index contributed by atoms with van der Waals surface area (Å²) < 4.78 is 0. The van der Waals surface area contributed by atoms with E-state index in [0.29, 0.717) is 33.5 Å². The summed E-state index contributed by atoms with van der Waals surface area (Å²) in [5.74, 6) is -0.187. The number of rotatable bonds is 5. The topological polar surface area (TPSA) is 64.9 Å². The SMILES string of the molecule is N#Cc1ccccc1NC(=O)CCNc1cc(Cl)ccc1Cl. The highest BCUT2D eigenvalue weighted by Crippen LogP contribution is 2.25. The predicted molar refractivity (Wildman–Crippen MR) is 89.4 cm³/mol. The van der Waals surface area contributed by atoms with Crippen LogP contribution >= 0.6 is 23.2 Å². The third-order valence-electron chi connectivity index (χ3n) is 2.92. The molecule has 22 heavy (non-hydrogen) atoms. The molecular formula is C16H13Cl2N3O. The summed E-state index contributed by atoms with van der Waals surface area (Å²) in [4.78, 5) is 11.9. The Hall–Kier alpha value is -2.22. The highest BCUT2D eigenvalue weighted by atomic mass is 35.5. The molecular weight excluding hydrogens is 321 g/mol. The molecule has 0 spiro atoms. The minimum atomic E-state index is -0.187. The number of amides is 1. The lowest BCUT2D eigenvalue weighted by atomic mass is 10.2. The van der Waals surface area contributed by atoms with Gasteiger partial charge in [-0.2, -0.15) is 5.26 Å². The number of nitrogens with one attached hydrogen (secondary N) is 2. The molecule has 2 aromatic carbocycles. The van der Waals surface area contributed by atoms with Crippen LogP contribution in [-0.2, 0) is 4.79 Å². The average Bonchev–Trinajstić information content (AvgIpc) is 2.51. The van der Waals surface area contributed by atoms with E-state index in [9.17, 15) is 4.79 Å². The van der Waals surface area contributed by atoms with Gasteiger partial charge in [0.1, 0.15) is 6.07 Å². The van der Waals surface area contributed by atoms with E-state index in [0.717, 1.165) is 0 Å². The molecule has 1 amide bonds. The van der Waals surface area contributed by atoms with Gasteiger partial charge in [0.05, 0.1) is 22.0 Å². The third-order valence-corrected chi connectivity index (χ3v) is 3.48. The summed E-state index contributed by atoms with van der Waals surface area (Å²) in [6.45, 7) is 0.403. The lowest BCUT2D eigenvalue weighted by molar-refractivity contribution is -0.115. The quantitative estimate of drug-likeness (QED) is 0.856. The summed E-state index contributed by atoms with van der Waals surface area (Å²) in [5, 5.41) is 15.9. The van der Waals surface area contributed by atoms with Crippen molar-refractivity contribution in [3.8, 4) is 6.07 Å². The Kier molecular flexibility index (Phi) is 5.65. The Morgan fingerprint density at radius 1 is 1.14 bits per heavy atom. The molecule has 0 saturated carbocycles. The second-order valence-electron chi connectivity index (χ2n) is 4.51. The van der Waals surface area contributed by atoms with E-state index in [4.69, 9.17) is 28.5 Å². The molecule has 0 aliphatic carbocycles. The fraction of sp³-hybridized carbons (Fsp3) is 0.125. The smallest absolute Gasteiger partial charge is 0.226 e. The molecule has 0 aliphatic rings. The normalized spacial score (nSPS) is 9.86. The first kappa shape index (κ1) is 16.2. The van der Waals surface area contributed by atoms with Gasteiger partial charge in [-0.15, -0.1) is 0 Å². The lowest BCUT2D eigenvalue weighted by Crippen LogP contribution is -2.17. The summed E-state index contributed by atoms with van der Waals surface area (Å²) in [6, 6.07) is 14.0. The zero-order valence-electron chi connectivity index (χ0n) is 11.6. The molecule has 0 unspecified atom stereocenters. The van der Waals surface area contributed by atoms with Gasteiger partial charge >= 0.3 is 0 Å². The van der Waals surface area contributed by atoms with E-state index in [1.54, 1.807) is 42.5 Å². The molecule has 112 valence electrons. The van der Waals surface area contributed by atoms with E-state index in [-0.39, 0.29) is 12.3 Å². The maximum atomic E-state index is 11.9. The van der Waals surface area contributed by atoms with Crippen LogP contribution in [0.1, 0.15) is 12.0 Å². The molecule has 0 radical (unpaired) electrons. The lowest BCUT2D eigenvalue weighted by Gasteiger charge is -2.10. The predicted octanol–water partition coefficient (Wildman–Crippen LogP) is 4.31. The number of carbonyl (C=O) groups is 1. The number of carbonyl (C=O) groups excluding carboxylic acids is 1. The van der Waals surface area contributed by atoms with Crippen LogP contribution in [0.5, 0.6) is 0 Å². The molecule has 6 heteroatoms. The molecule has 0 heterocycles. The minimum Gasteiger partial charge on any atom is -0.383 e. The van der Waals surface area contributed by atoms with Gasteiger partial charge in [0.2, 0.25) is 5.91 Å². The molecule has 0 fully saturated rings. The number of nitriles is 1. The first-order valence-corrected chi connectivity index (χ1v) is 7.33. The maximum Gasteiger partial charge on any atom is 0.226 e. The second-order valence-corrected chi connectivity index (χ2v) is 5.35. The third kappa shape index (κ3) is 4.39. The van der Waals surface area contributed by atoms with Crippen LogP contribution in [0.25, 0.3) is 0 Å². The van der Waals surface area contributed by atoms with E-state index < -0.39 is 0 Å². The van der Waals surface area contributed by atoms with Crippen molar-refractivity contribution >= 4 is 40.5 Å². The Balaban J connectivity index is 1.88. The van der Waals surface area contributed by atoms with Crippen molar-refractivity contribution in [1.82, 2.24) is 0 Å². The molecule has 0 saturated heterocycles. The summed E-state index contributed by atoms with van der Waals surface area (Å²) in [7, 11) is 0. The van der Waals surface area contributed by atoms with Gasteiger partial charge < -0.3 is 10.6 Å². The Morgan fingerprint density at radius 3 is 2.68 bits per heavy atom. The highest BCUT2D eigenvalue weighted by molar-refractivity contribution is 6.35. The van der Waals surface area contributed by atoms with Crippen LogP contribution in [0.2, 0.25) is 10.0 Å². The monoisotopic (exact) mass is 333 g/mol. The molecule has 0 aromatic heterocycles. The van der Waals surface area contributed by atoms with Crippen LogP contribution in [0.4, 0.5) is 11.4 Å². The van der Waals surface area contributed by atoms with E-state index >= 15 is 0 Å². The van der Waals surface area contributed by atoms with E-state index in [2.05, 4.69) is 10.6 Å². The molecule has 0 aliphatic heterocycles.